The van der Waals surface area contributed by atoms with Gasteiger partial charge >= 0.3 is 0 Å². The van der Waals surface area contributed by atoms with Crippen molar-refractivity contribution in [2.24, 2.45) is 0 Å². The predicted octanol–water partition coefficient (Wildman–Crippen LogP) is 5.04. The summed E-state index contributed by atoms with van der Waals surface area (Å²) in [4.78, 5) is 13.4. The van der Waals surface area contributed by atoms with Gasteiger partial charge in [0.1, 0.15) is 18.2 Å². The number of terminal acetylenes is 1. The number of thiophene rings is 1. The molecule has 0 radical (unpaired) electrons. The van der Waals surface area contributed by atoms with Crippen LogP contribution in [0.1, 0.15) is 22.8 Å². The first kappa shape index (κ1) is 17.3. The molecule has 1 N–H and O–H groups in total. The summed E-state index contributed by atoms with van der Waals surface area (Å²) in [5.74, 6) is 2.68. The van der Waals surface area contributed by atoms with E-state index in [1.165, 1.54) is 17.4 Å². The standard InChI is InChI=1S/C22H16FNO2S/c1-2-11-26-15-9-7-14(8-10-15)17-12-20(25)24-21-18(13-27-22(17)21)16-5-3-4-6-19(16)23/h1,3-10,13,17H,11-12H2,(H,24,25)/t17-/m0/s1. The van der Waals surface area contributed by atoms with Crippen LogP contribution in [0.5, 0.6) is 5.75 Å². The van der Waals surface area contributed by atoms with E-state index in [0.717, 1.165) is 16.0 Å². The highest BCUT2D eigenvalue weighted by molar-refractivity contribution is 7.11. The summed E-state index contributed by atoms with van der Waals surface area (Å²) in [6, 6.07) is 14.2. The molecular weight excluding hydrogens is 361 g/mol. The number of halogens is 1. The fourth-order valence-corrected chi connectivity index (χ4v) is 4.45. The molecule has 5 heteroatoms. The maximum absolute atomic E-state index is 14.3. The fraction of sp³-hybridized carbons (Fsp3) is 0.136. The second-order valence-corrected chi connectivity index (χ2v) is 7.15. The zero-order chi connectivity index (χ0) is 18.8. The molecule has 0 saturated carbocycles. The van der Waals surface area contributed by atoms with Gasteiger partial charge in [0.25, 0.3) is 0 Å². The normalized spacial score (nSPS) is 15.6. The molecule has 1 aliphatic heterocycles. The Kier molecular flexibility index (Phi) is 4.66. The summed E-state index contributed by atoms with van der Waals surface area (Å²) in [5, 5.41) is 4.84. The van der Waals surface area contributed by atoms with Gasteiger partial charge in [-0.05, 0) is 23.8 Å². The van der Waals surface area contributed by atoms with Gasteiger partial charge in [0.2, 0.25) is 5.91 Å². The summed E-state index contributed by atoms with van der Waals surface area (Å²) >= 11 is 1.54. The first-order valence-corrected chi connectivity index (χ1v) is 9.37. The van der Waals surface area contributed by atoms with E-state index in [2.05, 4.69) is 11.2 Å². The highest BCUT2D eigenvalue weighted by atomic mass is 32.1. The number of ether oxygens (including phenoxy) is 1. The van der Waals surface area contributed by atoms with Crippen molar-refractivity contribution in [1.29, 1.82) is 0 Å². The van der Waals surface area contributed by atoms with Crippen LogP contribution in [0.25, 0.3) is 11.1 Å². The second-order valence-electron chi connectivity index (χ2n) is 6.24. The third kappa shape index (κ3) is 3.32. The van der Waals surface area contributed by atoms with E-state index in [1.54, 1.807) is 18.2 Å². The number of amides is 1. The lowest BCUT2D eigenvalue weighted by Gasteiger charge is -2.24. The second kappa shape index (κ2) is 7.26. The maximum atomic E-state index is 14.3. The fourth-order valence-electron chi connectivity index (χ4n) is 3.30. The highest BCUT2D eigenvalue weighted by Gasteiger charge is 2.30. The average Bonchev–Trinajstić information content (AvgIpc) is 3.10. The molecule has 1 atom stereocenters. The number of anilines is 1. The first-order chi connectivity index (χ1) is 13.2. The van der Waals surface area contributed by atoms with Gasteiger partial charge in [0.05, 0.1) is 5.69 Å². The lowest BCUT2D eigenvalue weighted by Crippen LogP contribution is -2.22. The Morgan fingerprint density at radius 2 is 1.96 bits per heavy atom. The van der Waals surface area contributed by atoms with Gasteiger partial charge in [-0.15, -0.1) is 17.8 Å². The Morgan fingerprint density at radius 3 is 2.70 bits per heavy atom. The summed E-state index contributed by atoms with van der Waals surface area (Å²) in [6.45, 7) is 0.215. The molecule has 4 rings (SSSR count). The number of rotatable bonds is 4. The Labute approximate surface area is 160 Å². The lowest BCUT2D eigenvalue weighted by atomic mass is 9.89. The van der Waals surface area contributed by atoms with Gasteiger partial charge < -0.3 is 10.1 Å². The third-order valence-electron chi connectivity index (χ3n) is 4.56. The SMILES string of the molecule is C#CCOc1ccc([C@@H]2CC(=O)Nc3c(-c4ccccc4F)csc32)cc1. The molecule has 3 aromatic rings. The summed E-state index contributed by atoms with van der Waals surface area (Å²) < 4.78 is 19.7. The largest absolute Gasteiger partial charge is 0.481 e. The van der Waals surface area contributed by atoms with Crippen LogP contribution >= 0.6 is 11.3 Å². The van der Waals surface area contributed by atoms with Crippen molar-refractivity contribution in [3.63, 3.8) is 0 Å². The van der Waals surface area contributed by atoms with E-state index in [4.69, 9.17) is 11.2 Å². The number of carbonyl (C=O) groups is 1. The molecule has 0 fully saturated rings. The molecule has 27 heavy (non-hydrogen) atoms. The number of carbonyl (C=O) groups excluding carboxylic acids is 1. The van der Waals surface area contributed by atoms with Crippen LogP contribution in [0.15, 0.2) is 53.9 Å². The summed E-state index contributed by atoms with van der Waals surface area (Å²) in [5.41, 5.74) is 2.94. The lowest BCUT2D eigenvalue weighted by molar-refractivity contribution is -0.116. The number of hydrogen-bond donors (Lipinski definition) is 1. The van der Waals surface area contributed by atoms with Crippen molar-refractivity contribution in [3.8, 4) is 29.2 Å². The minimum absolute atomic E-state index is 0.0686. The topological polar surface area (TPSA) is 38.3 Å². The Morgan fingerprint density at radius 1 is 1.19 bits per heavy atom. The molecule has 1 amide bonds. The number of benzene rings is 2. The molecule has 0 saturated heterocycles. The summed E-state index contributed by atoms with van der Waals surface area (Å²) in [6.07, 6.45) is 5.56. The molecular formula is C22H16FNO2S. The van der Waals surface area contributed by atoms with E-state index in [9.17, 15) is 9.18 Å². The van der Waals surface area contributed by atoms with Gasteiger partial charge in [0.15, 0.2) is 0 Å². The van der Waals surface area contributed by atoms with E-state index in [1.807, 2.05) is 29.6 Å². The maximum Gasteiger partial charge on any atom is 0.225 e. The zero-order valence-electron chi connectivity index (χ0n) is 14.4. The van der Waals surface area contributed by atoms with Gasteiger partial charge in [0, 0.05) is 33.7 Å². The van der Waals surface area contributed by atoms with E-state index in [-0.39, 0.29) is 24.2 Å². The molecule has 3 nitrogen and oxygen atoms in total. The monoisotopic (exact) mass is 377 g/mol. The van der Waals surface area contributed by atoms with Crippen molar-refractivity contribution < 1.29 is 13.9 Å². The molecule has 1 aromatic heterocycles. The molecule has 1 aliphatic rings. The molecule has 2 aromatic carbocycles. The predicted molar refractivity (Wildman–Crippen MR) is 106 cm³/mol. The number of hydrogen-bond acceptors (Lipinski definition) is 3. The van der Waals surface area contributed by atoms with E-state index < -0.39 is 0 Å². The average molecular weight is 377 g/mol. The smallest absolute Gasteiger partial charge is 0.225 e. The Bertz CT molecular complexity index is 1030. The van der Waals surface area contributed by atoms with Crippen LogP contribution in [-0.4, -0.2) is 12.5 Å². The Hall–Kier alpha value is -3.10. The molecule has 2 heterocycles. The molecule has 0 unspecified atom stereocenters. The van der Waals surface area contributed by atoms with Crippen LogP contribution in [0.3, 0.4) is 0 Å². The van der Waals surface area contributed by atoms with Crippen LogP contribution in [0.4, 0.5) is 10.1 Å². The van der Waals surface area contributed by atoms with Gasteiger partial charge in [-0.2, -0.15) is 0 Å². The number of fused-ring (bicyclic) bond motifs is 1. The van der Waals surface area contributed by atoms with Crippen LogP contribution < -0.4 is 10.1 Å². The first-order valence-electron chi connectivity index (χ1n) is 8.49. The van der Waals surface area contributed by atoms with Crippen LogP contribution in [0, 0.1) is 18.2 Å². The van der Waals surface area contributed by atoms with Gasteiger partial charge in [-0.1, -0.05) is 36.3 Å². The van der Waals surface area contributed by atoms with Gasteiger partial charge in [-0.25, -0.2) is 4.39 Å². The third-order valence-corrected chi connectivity index (χ3v) is 5.65. The minimum Gasteiger partial charge on any atom is -0.481 e. The molecule has 0 spiro atoms. The van der Waals surface area contributed by atoms with Crippen molar-refractivity contribution >= 4 is 22.9 Å². The van der Waals surface area contributed by atoms with Crippen molar-refractivity contribution in [2.45, 2.75) is 12.3 Å². The highest BCUT2D eigenvalue weighted by Crippen LogP contribution is 2.47. The van der Waals surface area contributed by atoms with Crippen molar-refractivity contribution in [1.82, 2.24) is 0 Å². The molecule has 134 valence electrons. The van der Waals surface area contributed by atoms with Crippen LogP contribution in [0.2, 0.25) is 0 Å². The summed E-state index contributed by atoms with van der Waals surface area (Å²) in [7, 11) is 0. The van der Waals surface area contributed by atoms with Crippen molar-refractivity contribution in [3.05, 3.63) is 70.2 Å². The van der Waals surface area contributed by atoms with Crippen LogP contribution in [-0.2, 0) is 4.79 Å². The van der Waals surface area contributed by atoms with E-state index >= 15 is 0 Å². The van der Waals surface area contributed by atoms with Crippen molar-refractivity contribution in [2.75, 3.05) is 11.9 Å². The molecule has 0 bridgehead atoms. The minimum atomic E-state index is -0.301. The zero-order valence-corrected chi connectivity index (χ0v) is 15.2. The van der Waals surface area contributed by atoms with Gasteiger partial charge in [-0.3, -0.25) is 4.79 Å². The Balaban J connectivity index is 1.71. The molecule has 0 aliphatic carbocycles. The number of nitrogens with one attached hydrogen (secondary N) is 1. The van der Waals surface area contributed by atoms with E-state index in [0.29, 0.717) is 23.4 Å². The quantitative estimate of drug-likeness (QED) is 0.647.